The molecule has 6 heteroatoms. The molecule has 0 bridgehead atoms. The van der Waals surface area contributed by atoms with E-state index in [0.29, 0.717) is 11.4 Å². The molecule has 0 aliphatic rings. The average Bonchev–Trinajstić information content (AvgIpc) is 2.39. The Bertz CT molecular complexity index is 580. The molecule has 1 unspecified atom stereocenters. The second kappa shape index (κ2) is 6.60. The molecule has 0 amide bonds. The smallest absolute Gasteiger partial charge is 0.124 e. The van der Waals surface area contributed by atoms with E-state index in [0.717, 1.165) is 14.7 Å². The number of benzene rings is 1. The summed E-state index contributed by atoms with van der Waals surface area (Å²) in [4.78, 5) is 3.95. The molecule has 1 aromatic carbocycles. The summed E-state index contributed by atoms with van der Waals surface area (Å²) >= 11 is 8.18. The molecule has 0 saturated carbocycles. The third-order valence-corrected chi connectivity index (χ3v) is 4.09. The summed E-state index contributed by atoms with van der Waals surface area (Å²) in [6.45, 7) is 0. The zero-order chi connectivity index (χ0) is 13.8. The summed E-state index contributed by atoms with van der Waals surface area (Å²) in [6, 6.07) is 6.36. The molecule has 100 valence electrons. The van der Waals surface area contributed by atoms with E-state index >= 15 is 0 Å². The number of nitrogens with one attached hydrogen (secondary N) is 1. The van der Waals surface area contributed by atoms with Gasteiger partial charge in [0.15, 0.2) is 0 Å². The molecule has 1 atom stereocenters. The van der Waals surface area contributed by atoms with Crippen LogP contribution in [-0.4, -0.2) is 4.98 Å². The summed E-state index contributed by atoms with van der Waals surface area (Å²) in [5.74, 6) is 5.35. The number of nitrogens with two attached hydrogens (primary N) is 1. The monoisotopic (exact) mass is 391 g/mol. The maximum Gasteiger partial charge on any atom is 0.124 e. The minimum Gasteiger partial charge on any atom is -0.271 e. The fraction of sp³-hybridized carbons (Fsp3) is 0.154. The van der Waals surface area contributed by atoms with Gasteiger partial charge >= 0.3 is 0 Å². The first-order chi connectivity index (χ1) is 9.11. The van der Waals surface area contributed by atoms with Crippen LogP contribution in [-0.2, 0) is 6.42 Å². The van der Waals surface area contributed by atoms with Gasteiger partial charge in [-0.1, -0.05) is 17.7 Å². The Morgan fingerprint density at radius 2 is 2.21 bits per heavy atom. The van der Waals surface area contributed by atoms with Crippen molar-refractivity contribution < 1.29 is 4.39 Å². The van der Waals surface area contributed by atoms with Gasteiger partial charge in [-0.3, -0.25) is 16.3 Å². The van der Waals surface area contributed by atoms with Gasteiger partial charge in [0.1, 0.15) is 5.82 Å². The largest absolute Gasteiger partial charge is 0.271 e. The summed E-state index contributed by atoms with van der Waals surface area (Å²) in [6.07, 6.45) is 3.89. The Morgan fingerprint density at radius 3 is 2.84 bits per heavy atom. The maximum absolute atomic E-state index is 13.1. The van der Waals surface area contributed by atoms with Gasteiger partial charge in [0.05, 0.1) is 11.1 Å². The highest BCUT2D eigenvalue weighted by Crippen LogP contribution is 2.26. The molecule has 2 rings (SSSR count). The Balaban J connectivity index is 2.28. The van der Waals surface area contributed by atoms with Crippen LogP contribution < -0.4 is 11.3 Å². The van der Waals surface area contributed by atoms with Crippen molar-refractivity contribution in [2.45, 2.75) is 12.5 Å². The lowest BCUT2D eigenvalue weighted by molar-refractivity contribution is 0.546. The molecule has 0 fully saturated rings. The Morgan fingerprint density at radius 1 is 1.42 bits per heavy atom. The van der Waals surface area contributed by atoms with Crippen LogP contribution in [0.4, 0.5) is 4.39 Å². The molecule has 3 nitrogen and oxygen atoms in total. The SMILES string of the molecule is NNC(Cc1ccncc1Cl)c1ccc(F)cc1I. The number of pyridine rings is 1. The van der Waals surface area contributed by atoms with Gasteiger partial charge < -0.3 is 0 Å². The normalized spacial score (nSPS) is 12.4. The number of hydrogen-bond donors (Lipinski definition) is 2. The number of nitrogens with zero attached hydrogens (tertiary/aromatic N) is 1. The van der Waals surface area contributed by atoms with Crippen LogP contribution in [0.3, 0.4) is 0 Å². The zero-order valence-electron chi connectivity index (χ0n) is 9.91. The fourth-order valence-corrected chi connectivity index (χ4v) is 2.88. The molecule has 0 saturated heterocycles. The second-order valence-electron chi connectivity index (χ2n) is 4.06. The van der Waals surface area contributed by atoms with Crippen molar-refractivity contribution >= 4 is 34.2 Å². The lowest BCUT2D eigenvalue weighted by Gasteiger charge is -2.18. The van der Waals surface area contributed by atoms with Crippen LogP contribution in [0, 0.1) is 9.39 Å². The van der Waals surface area contributed by atoms with Crippen molar-refractivity contribution in [2.24, 2.45) is 5.84 Å². The van der Waals surface area contributed by atoms with Gasteiger partial charge in [0.2, 0.25) is 0 Å². The zero-order valence-corrected chi connectivity index (χ0v) is 12.8. The van der Waals surface area contributed by atoms with E-state index in [2.05, 4.69) is 33.0 Å². The van der Waals surface area contributed by atoms with Crippen LogP contribution in [0.1, 0.15) is 17.2 Å². The summed E-state index contributed by atoms with van der Waals surface area (Å²) in [5.41, 5.74) is 4.63. The Kier molecular flexibility index (Phi) is 5.09. The lowest BCUT2D eigenvalue weighted by Crippen LogP contribution is -2.30. The van der Waals surface area contributed by atoms with E-state index < -0.39 is 0 Å². The summed E-state index contributed by atoms with van der Waals surface area (Å²) in [7, 11) is 0. The molecule has 1 heterocycles. The lowest BCUT2D eigenvalue weighted by atomic mass is 10.00. The highest BCUT2D eigenvalue weighted by atomic mass is 127. The van der Waals surface area contributed by atoms with Crippen molar-refractivity contribution in [3.05, 3.63) is 62.2 Å². The van der Waals surface area contributed by atoms with Crippen molar-refractivity contribution in [2.75, 3.05) is 0 Å². The van der Waals surface area contributed by atoms with Crippen LogP contribution in [0.5, 0.6) is 0 Å². The third-order valence-electron chi connectivity index (χ3n) is 2.82. The highest BCUT2D eigenvalue weighted by Gasteiger charge is 2.15. The van der Waals surface area contributed by atoms with E-state index in [1.54, 1.807) is 18.5 Å². The van der Waals surface area contributed by atoms with E-state index in [1.165, 1.54) is 12.1 Å². The molecule has 3 N–H and O–H groups in total. The number of hydrogen-bond acceptors (Lipinski definition) is 3. The summed E-state index contributed by atoms with van der Waals surface area (Å²) < 4.78 is 13.9. The average molecular weight is 392 g/mol. The number of hydrazine groups is 1. The van der Waals surface area contributed by atoms with Crippen molar-refractivity contribution in [3.63, 3.8) is 0 Å². The number of rotatable bonds is 4. The number of aromatic nitrogens is 1. The van der Waals surface area contributed by atoms with Crippen molar-refractivity contribution in [1.29, 1.82) is 0 Å². The van der Waals surface area contributed by atoms with Gasteiger partial charge in [-0.25, -0.2) is 4.39 Å². The minimum absolute atomic E-state index is 0.132. The second-order valence-corrected chi connectivity index (χ2v) is 5.63. The van der Waals surface area contributed by atoms with E-state index in [-0.39, 0.29) is 11.9 Å². The van der Waals surface area contributed by atoms with Crippen LogP contribution in [0.2, 0.25) is 5.02 Å². The molecule has 2 aromatic rings. The maximum atomic E-state index is 13.1. The van der Waals surface area contributed by atoms with Gasteiger partial charge in [0, 0.05) is 16.0 Å². The van der Waals surface area contributed by atoms with Crippen LogP contribution >= 0.6 is 34.2 Å². The van der Waals surface area contributed by atoms with Gasteiger partial charge in [-0.2, -0.15) is 0 Å². The molecule has 0 radical (unpaired) electrons. The highest BCUT2D eigenvalue weighted by molar-refractivity contribution is 14.1. The molecular weight excluding hydrogens is 380 g/mol. The molecular formula is C13H12ClFIN3. The minimum atomic E-state index is -0.258. The van der Waals surface area contributed by atoms with E-state index in [1.807, 2.05) is 6.07 Å². The van der Waals surface area contributed by atoms with Crippen molar-refractivity contribution in [3.8, 4) is 0 Å². The van der Waals surface area contributed by atoms with Crippen LogP contribution in [0.15, 0.2) is 36.7 Å². The Labute approximate surface area is 129 Å². The molecule has 0 spiro atoms. The topological polar surface area (TPSA) is 50.9 Å². The molecule has 0 aliphatic carbocycles. The van der Waals surface area contributed by atoms with E-state index in [4.69, 9.17) is 17.4 Å². The summed E-state index contributed by atoms with van der Waals surface area (Å²) in [5, 5.41) is 0.597. The number of halogens is 3. The molecule has 1 aromatic heterocycles. The first kappa shape index (κ1) is 14.6. The first-order valence-electron chi connectivity index (χ1n) is 5.61. The quantitative estimate of drug-likeness (QED) is 0.478. The predicted octanol–water partition coefficient (Wildman–Crippen LogP) is 3.23. The molecule has 0 aliphatic heterocycles. The van der Waals surface area contributed by atoms with Gasteiger partial charge in [-0.15, -0.1) is 0 Å². The third kappa shape index (κ3) is 3.62. The Hall–Kier alpha value is -0.760. The van der Waals surface area contributed by atoms with Crippen LogP contribution in [0.25, 0.3) is 0 Å². The predicted molar refractivity (Wildman–Crippen MR) is 82.1 cm³/mol. The van der Waals surface area contributed by atoms with Gasteiger partial charge in [0.25, 0.3) is 0 Å². The standard InChI is InChI=1S/C13H12ClFIN3/c14-11-7-18-4-3-8(11)5-13(19-17)10-2-1-9(15)6-12(10)16/h1-4,6-7,13,19H,5,17H2. The van der Waals surface area contributed by atoms with Gasteiger partial charge in [-0.05, 0) is 58.3 Å². The first-order valence-corrected chi connectivity index (χ1v) is 7.07. The van der Waals surface area contributed by atoms with Crippen molar-refractivity contribution in [1.82, 2.24) is 10.4 Å². The fourth-order valence-electron chi connectivity index (χ4n) is 1.83. The van der Waals surface area contributed by atoms with E-state index in [9.17, 15) is 4.39 Å². The molecule has 19 heavy (non-hydrogen) atoms.